The number of primary amides is 1. The lowest BCUT2D eigenvalue weighted by molar-refractivity contribution is 0.0995. The third kappa shape index (κ3) is 1.85. The number of nitrogens with two attached hydrogens (primary N) is 1. The Hall–Kier alpha value is -2.37. The smallest absolute Gasteiger partial charge is 0.270 e. The molecular formula is C10H10N4O2. The van der Waals surface area contributed by atoms with Gasteiger partial charge in [-0.3, -0.25) is 4.79 Å². The summed E-state index contributed by atoms with van der Waals surface area (Å²) in [6, 6.07) is 3.49. The number of amides is 1. The number of carbonyl (C=O) groups is 1. The molecule has 6 nitrogen and oxygen atoms in total. The van der Waals surface area contributed by atoms with Gasteiger partial charge in [0.05, 0.1) is 0 Å². The van der Waals surface area contributed by atoms with Crippen LogP contribution in [0.15, 0.2) is 29.0 Å². The Morgan fingerprint density at radius 2 is 2.38 bits per heavy atom. The first kappa shape index (κ1) is 10.2. The van der Waals surface area contributed by atoms with Gasteiger partial charge in [0.1, 0.15) is 12.1 Å². The van der Waals surface area contributed by atoms with Crippen LogP contribution in [0.25, 0.3) is 11.5 Å². The van der Waals surface area contributed by atoms with Gasteiger partial charge in [-0.2, -0.15) is 0 Å². The number of aromatic nitrogens is 2. The summed E-state index contributed by atoms with van der Waals surface area (Å²) in [5, 5.41) is 2.89. The number of hydrogen-bond donors (Lipinski definition) is 2. The van der Waals surface area contributed by atoms with E-state index in [-0.39, 0.29) is 5.69 Å². The summed E-state index contributed by atoms with van der Waals surface area (Å²) in [5.74, 6) is 0.418. The summed E-state index contributed by atoms with van der Waals surface area (Å²) in [6.45, 7) is 0. The molecule has 82 valence electrons. The highest BCUT2D eigenvalue weighted by molar-refractivity contribution is 5.90. The van der Waals surface area contributed by atoms with Crippen molar-refractivity contribution < 1.29 is 9.21 Å². The van der Waals surface area contributed by atoms with Gasteiger partial charge < -0.3 is 15.5 Å². The topological polar surface area (TPSA) is 94.0 Å². The number of carbonyl (C=O) groups excluding carboxylic acids is 1. The molecule has 0 saturated carbocycles. The average molecular weight is 218 g/mol. The number of hydrogen-bond acceptors (Lipinski definition) is 5. The lowest BCUT2D eigenvalue weighted by Gasteiger charge is -1.99. The molecule has 16 heavy (non-hydrogen) atoms. The molecule has 0 aliphatic rings. The zero-order valence-electron chi connectivity index (χ0n) is 8.60. The molecule has 2 aromatic rings. The van der Waals surface area contributed by atoms with Crippen LogP contribution in [0.1, 0.15) is 10.5 Å². The zero-order chi connectivity index (χ0) is 11.5. The van der Waals surface area contributed by atoms with Gasteiger partial charge in [0.25, 0.3) is 5.91 Å². The van der Waals surface area contributed by atoms with E-state index in [9.17, 15) is 4.79 Å². The summed E-state index contributed by atoms with van der Waals surface area (Å²) < 4.78 is 5.14. The predicted octanol–water partition coefficient (Wildman–Crippen LogP) is 0.877. The van der Waals surface area contributed by atoms with Crippen molar-refractivity contribution >= 4 is 11.7 Å². The van der Waals surface area contributed by atoms with E-state index in [0.717, 1.165) is 5.56 Å². The molecule has 0 aromatic carbocycles. The van der Waals surface area contributed by atoms with Crippen LogP contribution in [-0.2, 0) is 0 Å². The van der Waals surface area contributed by atoms with Crippen LogP contribution in [0.3, 0.4) is 0 Å². The second-order valence-corrected chi connectivity index (χ2v) is 3.08. The van der Waals surface area contributed by atoms with E-state index >= 15 is 0 Å². The van der Waals surface area contributed by atoms with Gasteiger partial charge in [-0.15, -0.1) is 0 Å². The highest BCUT2D eigenvalue weighted by Crippen LogP contribution is 2.20. The summed E-state index contributed by atoms with van der Waals surface area (Å²) in [7, 11) is 1.76. The molecule has 0 fully saturated rings. The van der Waals surface area contributed by atoms with Crippen molar-refractivity contribution in [2.45, 2.75) is 0 Å². The number of nitrogens with zero attached hydrogens (tertiary/aromatic N) is 2. The lowest BCUT2D eigenvalue weighted by atomic mass is 10.2. The Balaban J connectivity index is 2.38. The largest absolute Gasteiger partial charge is 0.444 e. The molecule has 3 N–H and O–H groups in total. The average Bonchev–Trinajstić information content (AvgIpc) is 2.78. The van der Waals surface area contributed by atoms with Crippen LogP contribution in [-0.4, -0.2) is 22.9 Å². The van der Waals surface area contributed by atoms with Crippen LogP contribution in [0.4, 0.5) is 5.82 Å². The molecule has 0 unspecified atom stereocenters. The number of pyridine rings is 1. The highest BCUT2D eigenvalue weighted by Gasteiger charge is 2.10. The molecule has 0 atom stereocenters. The van der Waals surface area contributed by atoms with Gasteiger partial charge in [-0.1, -0.05) is 0 Å². The van der Waals surface area contributed by atoms with E-state index in [1.165, 1.54) is 6.26 Å². The molecule has 2 heterocycles. The molecule has 2 aromatic heterocycles. The van der Waals surface area contributed by atoms with Crippen LogP contribution in [0, 0.1) is 0 Å². The van der Waals surface area contributed by atoms with Gasteiger partial charge in [0, 0.05) is 18.8 Å². The van der Waals surface area contributed by atoms with Crippen molar-refractivity contribution in [2.24, 2.45) is 5.73 Å². The number of rotatable bonds is 3. The molecule has 0 radical (unpaired) electrons. The third-order valence-electron chi connectivity index (χ3n) is 2.02. The molecule has 0 bridgehead atoms. The third-order valence-corrected chi connectivity index (χ3v) is 2.02. The first-order chi connectivity index (χ1) is 7.70. The minimum absolute atomic E-state index is 0.109. The molecule has 2 rings (SSSR count). The second kappa shape index (κ2) is 4.01. The maximum Gasteiger partial charge on any atom is 0.270 e. The van der Waals surface area contributed by atoms with Crippen LogP contribution in [0.2, 0.25) is 0 Å². The van der Waals surface area contributed by atoms with E-state index in [1.54, 1.807) is 25.4 Å². The van der Waals surface area contributed by atoms with Gasteiger partial charge in [0.15, 0.2) is 5.69 Å². The van der Waals surface area contributed by atoms with Gasteiger partial charge in [-0.05, 0) is 12.1 Å². The standard InChI is InChI=1S/C10H10N4O2/c1-12-8-4-6(2-3-13-8)10-14-7(5-16-10)9(11)15/h2-5H,1H3,(H2,11,15)(H,12,13). The van der Waals surface area contributed by atoms with Crippen molar-refractivity contribution in [3.8, 4) is 11.5 Å². The number of nitrogens with one attached hydrogen (secondary N) is 1. The number of anilines is 1. The minimum atomic E-state index is -0.613. The van der Waals surface area contributed by atoms with Crippen molar-refractivity contribution in [2.75, 3.05) is 12.4 Å². The van der Waals surface area contributed by atoms with Crippen molar-refractivity contribution in [3.05, 3.63) is 30.3 Å². The Morgan fingerprint density at radius 1 is 1.56 bits per heavy atom. The van der Waals surface area contributed by atoms with E-state index in [0.29, 0.717) is 11.7 Å². The van der Waals surface area contributed by atoms with E-state index in [2.05, 4.69) is 15.3 Å². The van der Waals surface area contributed by atoms with Gasteiger partial charge in [0.2, 0.25) is 5.89 Å². The van der Waals surface area contributed by atoms with Crippen molar-refractivity contribution in [3.63, 3.8) is 0 Å². The minimum Gasteiger partial charge on any atom is -0.444 e. The van der Waals surface area contributed by atoms with Crippen LogP contribution < -0.4 is 11.1 Å². The summed E-state index contributed by atoms with van der Waals surface area (Å²) in [4.78, 5) is 18.9. The second-order valence-electron chi connectivity index (χ2n) is 3.08. The monoisotopic (exact) mass is 218 g/mol. The Bertz CT molecular complexity index is 521. The summed E-state index contributed by atoms with van der Waals surface area (Å²) in [6.07, 6.45) is 2.85. The van der Waals surface area contributed by atoms with E-state index in [4.69, 9.17) is 10.2 Å². The predicted molar refractivity (Wildman–Crippen MR) is 57.8 cm³/mol. The van der Waals surface area contributed by atoms with Crippen molar-refractivity contribution in [1.29, 1.82) is 0 Å². The highest BCUT2D eigenvalue weighted by atomic mass is 16.3. The maximum atomic E-state index is 10.8. The lowest BCUT2D eigenvalue weighted by Crippen LogP contribution is -2.10. The van der Waals surface area contributed by atoms with Gasteiger partial charge >= 0.3 is 0 Å². The fourth-order valence-electron chi connectivity index (χ4n) is 1.22. The molecule has 0 aliphatic carbocycles. The fraction of sp³-hybridized carbons (Fsp3) is 0.100. The number of oxazole rings is 1. The molecular weight excluding hydrogens is 208 g/mol. The van der Waals surface area contributed by atoms with E-state index < -0.39 is 5.91 Å². The fourth-order valence-corrected chi connectivity index (χ4v) is 1.22. The van der Waals surface area contributed by atoms with Gasteiger partial charge in [-0.25, -0.2) is 9.97 Å². The Labute approximate surface area is 91.5 Å². The Kier molecular flexibility index (Phi) is 2.55. The van der Waals surface area contributed by atoms with E-state index in [1.807, 2.05) is 0 Å². The maximum absolute atomic E-state index is 10.8. The molecule has 6 heteroatoms. The molecule has 1 amide bonds. The van der Waals surface area contributed by atoms with Crippen LogP contribution >= 0.6 is 0 Å². The first-order valence-electron chi connectivity index (χ1n) is 4.60. The summed E-state index contributed by atoms with van der Waals surface area (Å²) in [5.41, 5.74) is 5.91. The summed E-state index contributed by atoms with van der Waals surface area (Å²) >= 11 is 0. The Morgan fingerprint density at radius 3 is 3.00 bits per heavy atom. The molecule has 0 spiro atoms. The zero-order valence-corrected chi connectivity index (χ0v) is 8.60. The quantitative estimate of drug-likeness (QED) is 0.797. The normalized spacial score (nSPS) is 10.1. The SMILES string of the molecule is CNc1cc(-c2nc(C(N)=O)co2)ccn1. The molecule has 0 saturated heterocycles. The van der Waals surface area contributed by atoms with Crippen molar-refractivity contribution in [1.82, 2.24) is 9.97 Å². The van der Waals surface area contributed by atoms with Crippen LogP contribution in [0.5, 0.6) is 0 Å². The molecule has 0 aliphatic heterocycles. The first-order valence-corrected chi connectivity index (χ1v) is 4.60.